The van der Waals surface area contributed by atoms with Crippen molar-refractivity contribution in [1.29, 1.82) is 0 Å². The first kappa shape index (κ1) is 18.6. The molecule has 1 atom stereocenters. The number of carbonyl (C=O) groups is 1. The van der Waals surface area contributed by atoms with Gasteiger partial charge in [0.2, 0.25) is 5.91 Å². The Morgan fingerprint density at radius 2 is 2.16 bits per heavy atom. The maximum Gasteiger partial charge on any atom is 0.225 e. The third-order valence-electron chi connectivity index (χ3n) is 3.15. The third kappa shape index (κ3) is 7.11. The average molecular weight is 295 g/mol. The van der Waals surface area contributed by atoms with E-state index < -0.39 is 0 Å². The van der Waals surface area contributed by atoms with Gasteiger partial charge in [0.15, 0.2) is 0 Å². The first-order valence-electron chi connectivity index (χ1n) is 6.86. The van der Waals surface area contributed by atoms with Crippen LogP contribution in [0.25, 0.3) is 0 Å². The summed E-state index contributed by atoms with van der Waals surface area (Å²) >= 11 is 0. The van der Waals surface area contributed by atoms with Gasteiger partial charge in [0.05, 0.1) is 26.2 Å². The number of nitrogens with one attached hydrogen (secondary N) is 1. The Morgan fingerprint density at radius 3 is 2.74 bits per heavy atom. The van der Waals surface area contributed by atoms with E-state index in [2.05, 4.69) is 12.2 Å². The van der Waals surface area contributed by atoms with Crippen LogP contribution < -0.4 is 5.32 Å². The van der Waals surface area contributed by atoms with Gasteiger partial charge < -0.3 is 19.7 Å². The van der Waals surface area contributed by atoms with E-state index in [1.807, 2.05) is 4.90 Å². The lowest BCUT2D eigenvalue weighted by molar-refractivity contribution is -0.134. The molecule has 0 aromatic carbocycles. The Balaban J connectivity index is 0.00000324. The second-order valence-corrected chi connectivity index (χ2v) is 4.59. The van der Waals surface area contributed by atoms with Crippen molar-refractivity contribution >= 4 is 18.3 Å². The van der Waals surface area contributed by atoms with Crippen molar-refractivity contribution in [3.63, 3.8) is 0 Å². The van der Waals surface area contributed by atoms with Crippen LogP contribution in [0.15, 0.2) is 0 Å². The number of hydrogen-bond acceptors (Lipinski definition) is 4. The van der Waals surface area contributed by atoms with Gasteiger partial charge in [0.1, 0.15) is 0 Å². The smallest absolute Gasteiger partial charge is 0.225 e. The van der Waals surface area contributed by atoms with E-state index >= 15 is 0 Å². The molecule has 114 valence electrons. The molecule has 0 radical (unpaired) electrons. The number of rotatable bonds is 9. The molecule has 0 saturated carbocycles. The highest BCUT2D eigenvalue weighted by Crippen LogP contribution is 2.11. The van der Waals surface area contributed by atoms with Gasteiger partial charge in [-0.1, -0.05) is 6.92 Å². The Labute approximate surface area is 122 Å². The molecular weight excluding hydrogens is 268 g/mol. The van der Waals surface area contributed by atoms with Crippen molar-refractivity contribution < 1.29 is 14.3 Å². The molecule has 1 fully saturated rings. The number of halogens is 1. The molecule has 5 nitrogen and oxygen atoms in total. The molecule has 1 aliphatic heterocycles. The molecule has 0 aliphatic carbocycles. The first-order chi connectivity index (χ1) is 8.79. The molecule has 6 heteroatoms. The van der Waals surface area contributed by atoms with Gasteiger partial charge in [-0.05, 0) is 19.4 Å². The molecule has 1 amide bonds. The van der Waals surface area contributed by atoms with Crippen LogP contribution in [-0.2, 0) is 14.3 Å². The van der Waals surface area contributed by atoms with Crippen LogP contribution in [0.2, 0.25) is 0 Å². The average Bonchev–Trinajstić information content (AvgIpc) is 2.89. The van der Waals surface area contributed by atoms with E-state index in [1.54, 1.807) is 7.11 Å². The van der Waals surface area contributed by atoms with Gasteiger partial charge in [0, 0.05) is 26.2 Å². The fourth-order valence-electron chi connectivity index (χ4n) is 2.20. The summed E-state index contributed by atoms with van der Waals surface area (Å²) in [6.07, 6.45) is 2.54. The Bertz CT molecular complexity index is 236. The monoisotopic (exact) mass is 294 g/mol. The van der Waals surface area contributed by atoms with Crippen LogP contribution in [0.3, 0.4) is 0 Å². The van der Waals surface area contributed by atoms with Crippen molar-refractivity contribution in [2.75, 3.05) is 46.6 Å². The van der Waals surface area contributed by atoms with Gasteiger partial charge in [0.25, 0.3) is 0 Å². The lowest BCUT2D eigenvalue weighted by Crippen LogP contribution is -2.42. The summed E-state index contributed by atoms with van der Waals surface area (Å²) in [5, 5.41) is 3.31. The normalized spacial score (nSPS) is 18.1. The van der Waals surface area contributed by atoms with Crippen LogP contribution in [0.1, 0.15) is 26.2 Å². The highest BCUT2D eigenvalue weighted by atomic mass is 35.5. The van der Waals surface area contributed by atoms with Gasteiger partial charge >= 0.3 is 0 Å². The van der Waals surface area contributed by atoms with Gasteiger partial charge in [-0.25, -0.2) is 0 Å². The Hall–Kier alpha value is -0.360. The van der Waals surface area contributed by atoms with Crippen LogP contribution in [0.4, 0.5) is 0 Å². The number of methoxy groups -OCH3 is 1. The molecule has 0 bridgehead atoms. The molecule has 19 heavy (non-hydrogen) atoms. The van der Waals surface area contributed by atoms with E-state index in [0.29, 0.717) is 32.3 Å². The zero-order valence-corrected chi connectivity index (χ0v) is 12.8. The van der Waals surface area contributed by atoms with Gasteiger partial charge in [-0.3, -0.25) is 4.79 Å². The summed E-state index contributed by atoms with van der Waals surface area (Å²) in [7, 11) is 1.64. The van der Waals surface area contributed by atoms with Gasteiger partial charge in [-0.15, -0.1) is 12.4 Å². The fourth-order valence-corrected chi connectivity index (χ4v) is 2.20. The quantitative estimate of drug-likeness (QED) is 0.646. The van der Waals surface area contributed by atoms with Crippen molar-refractivity contribution in [3.05, 3.63) is 0 Å². The van der Waals surface area contributed by atoms with E-state index in [4.69, 9.17) is 9.47 Å². The Morgan fingerprint density at radius 1 is 1.37 bits per heavy atom. The van der Waals surface area contributed by atoms with Crippen LogP contribution in [0.5, 0.6) is 0 Å². The lowest BCUT2D eigenvalue weighted by Gasteiger charge is -2.28. The van der Waals surface area contributed by atoms with E-state index in [1.165, 1.54) is 0 Å². The number of ether oxygens (including phenoxy) is 2. The Kier molecular flexibility index (Phi) is 11.2. The number of nitrogens with zero attached hydrogens (tertiary/aromatic N) is 1. The SMILES string of the molecule is CCCN(C(=O)CCOCCOC)C1CCNC1.Cl. The summed E-state index contributed by atoms with van der Waals surface area (Å²) in [5.41, 5.74) is 0. The zero-order chi connectivity index (χ0) is 13.2. The maximum absolute atomic E-state index is 12.1. The lowest BCUT2D eigenvalue weighted by atomic mass is 10.2. The second kappa shape index (κ2) is 11.5. The number of carbonyl (C=O) groups excluding carboxylic acids is 1. The van der Waals surface area contributed by atoms with Crippen LogP contribution in [0, 0.1) is 0 Å². The summed E-state index contributed by atoms with van der Waals surface area (Å²) in [4.78, 5) is 14.2. The topological polar surface area (TPSA) is 50.8 Å². The van der Waals surface area contributed by atoms with Crippen molar-refractivity contribution in [2.24, 2.45) is 0 Å². The molecule has 1 N–H and O–H groups in total. The second-order valence-electron chi connectivity index (χ2n) is 4.59. The summed E-state index contributed by atoms with van der Waals surface area (Å²) < 4.78 is 10.2. The molecule has 0 aromatic heterocycles. The van der Waals surface area contributed by atoms with E-state index in [0.717, 1.165) is 32.5 Å². The standard InChI is InChI=1S/C13H26N2O3.ClH/c1-3-7-15(12-4-6-14-11-12)13(16)5-8-18-10-9-17-2;/h12,14H,3-11H2,1-2H3;1H. The molecule has 1 saturated heterocycles. The van der Waals surface area contributed by atoms with Crippen LogP contribution >= 0.6 is 12.4 Å². The fraction of sp³-hybridized carbons (Fsp3) is 0.923. The highest BCUT2D eigenvalue weighted by molar-refractivity contribution is 5.85. The molecule has 1 unspecified atom stereocenters. The van der Waals surface area contributed by atoms with Crippen molar-refractivity contribution in [2.45, 2.75) is 32.2 Å². The van der Waals surface area contributed by atoms with Crippen molar-refractivity contribution in [3.8, 4) is 0 Å². The minimum absolute atomic E-state index is 0. The van der Waals surface area contributed by atoms with Crippen molar-refractivity contribution in [1.82, 2.24) is 10.2 Å². The largest absolute Gasteiger partial charge is 0.382 e. The maximum atomic E-state index is 12.1. The van der Waals surface area contributed by atoms with E-state index in [-0.39, 0.29) is 18.3 Å². The minimum atomic E-state index is 0. The van der Waals surface area contributed by atoms with Gasteiger partial charge in [-0.2, -0.15) is 0 Å². The summed E-state index contributed by atoms with van der Waals surface area (Å²) in [6, 6.07) is 0.372. The molecule has 1 rings (SSSR count). The third-order valence-corrected chi connectivity index (χ3v) is 3.15. The molecule has 1 heterocycles. The highest BCUT2D eigenvalue weighted by Gasteiger charge is 2.25. The zero-order valence-electron chi connectivity index (χ0n) is 12.0. The molecule has 0 aromatic rings. The number of amides is 1. The summed E-state index contributed by atoms with van der Waals surface area (Å²) in [6.45, 7) is 6.53. The predicted octanol–water partition coefficient (Wildman–Crippen LogP) is 1.06. The molecule has 0 spiro atoms. The first-order valence-corrected chi connectivity index (χ1v) is 6.86. The summed E-state index contributed by atoms with van der Waals surface area (Å²) in [5.74, 6) is 0.211. The molecular formula is C13H27ClN2O3. The van der Waals surface area contributed by atoms with E-state index in [9.17, 15) is 4.79 Å². The minimum Gasteiger partial charge on any atom is -0.382 e. The predicted molar refractivity (Wildman–Crippen MR) is 77.8 cm³/mol. The van der Waals surface area contributed by atoms with Crippen LogP contribution in [-0.4, -0.2) is 63.4 Å². The molecule has 1 aliphatic rings. The number of hydrogen-bond donors (Lipinski definition) is 1.